The summed E-state index contributed by atoms with van der Waals surface area (Å²) in [6.07, 6.45) is 3.63. The molecule has 148 valence electrons. The molecule has 2 aromatic carbocycles. The number of nitrogens with one attached hydrogen (secondary N) is 1. The van der Waals surface area contributed by atoms with Gasteiger partial charge >= 0.3 is 0 Å². The second-order valence-electron chi connectivity index (χ2n) is 7.70. The van der Waals surface area contributed by atoms with E-state index in [-0.39, 0.29) is 11.9 Å². The lowest BCUT2D eigenvalue weighted by Crippen LogP contribution is -2.46. The fourth-order valence-electron chi connectivity index (χ4n) is 4.05. The van der Waals surface area contributed by atoms with Gasteiger partial charge in [-0.3, -0.25) is 10.00 Å². The van der Waals surface area contributed by atoms with Crippen LogP contribution in [0.4, 0.5) is 4.39 Å². The van der Waals surface area contributed by atoms with Gasteiger partial charge in [-0.05, 0) is 48.5 Å². The van der Waals surface area contributed by atoms with Crippen LogP contribution in [0.15, 0.2) is 65.4 Å². The minimum atomic E-state index is -0.223. The first-order valence-corrected chi connectivity index (χ1v) is 9.87. The Hall–Kier alpha value is -2.96. The highest BCUT2D eigenvalue weighted by Crippen LogP contribution is 2.34. The first-order valence-electron chi connectivity index (χ1n) is 9.87. The van der Waals surface area contributed by atoms with Gasteiger partial charge in [0, 0.05) is 37.1 Å². The third-order valence-corrected chi connectivity index (χ3v) is 5.75. The zero-order valence-corrected chi connectivity index (χ0v) is 16.3. The summed E-state index contributed by atoms with van der Waals surface area (Å²) in [5, 5.41) is 8.14. The molecule has 1 atom stereocenters. The molecule has 6 heteroatoms. The summed E-state index contributed by atoms with van der Waals surface area (Å²) in [4.78, 5) is 4.74. The largest absolute Gasteiger partial charge is 0.467 e. The van der Waals surface area contributed by atoms with Gasteiger partial charge in [-0.1, -0.05) is 18.2 Å². The van der Waals surface area contributed by atoms with E-state index in [2.05, 4.69) is 45.2 Å². The molecule has 0 radical (unpaired) electrons. The van der Waals surface area contributed by atoms with Crippen LogP contribution in [0.25, 0.3) is 22.0 Å². The molecule has 1 aliphatic heterocycles. The molecule has 1 fully saturated rings. The summed E-state index contributed by atoms with van der Waals surface area (Å²) < 4.78 is 19.6. The van der Waals surface area contributed by atoms with Crippen molar-refractivity contribution >= 4 is 10.9 Å². The summed E-state index contributed by atoms with van der Waals surface area (Å²) in [7, 11) is 2.14. The molecule has 0 aliphatic carbocycles. The number of aromatic nitrogens is 2. The topological polar surface area (TPSA) is 48.3 Å². The van der Waals surface area contributed by atoms with E-state index in [4.69, 9.17) is 4.42 Å². The summed E-state index contributed by atoms with van der Waals surface area (Å²) in [5.41, 5.74) is 4.18. The van der Waals surface area contributed by atoms with Crippen LogP contribution in [0.5, 0.6) is 0 Å². The van der Waals surface area contributed by atoms with Crippen molar-refractivity contribution in [3.05, 3.63) is 78.1 Å². The monoisotopic (exact) mass is 390 g/mol. The van der Waals surface area contributed by atoms with Gasteiger partial charge < -0.3 is 9.32 Å². The predicted molar refractivity (Wildman–Crippen MR) is 111 cm³/mol. The highest BCUT2D eigenvalue weighted by Gasteiger charge is 2.28. The standard InChI is InChI=1S/C23H23FN4O/c1-27-8-10-28(11-9-27)23(16-2-5-20(24)6-3-16)22-13-19(15-29-22)17-4-7-21-18(12-17)14-25-26-21/h2-7,12-15,23H,8-11H2,1H3,(H,25,26). The number of hydrogen-bond donors (Lipinski definition) is 1. The number of nitrogens with zero attached hydrogens (tertiary/aromatic N) is 3. The number of hydrogen-bond acceptors (Lipinski definition) is 4. The van der Waals surface area contributed by atoms with Gasteiger partial charge in [0.15, 0.2) is 0 Å². The fourth-order valence-corrected chi connectivity index (χ4v) is 4.05. The molecule has 5 rings (SSSR count). The average Bonchev–Trinajstić information content (AvgIpc) is 3.40. The van der Waals surface area contributed by atoms with Gasteiger partial charge in [0.2, 0.25) is 0 Å². The number of furan rings is 1. The molecule has 0 bridgehead atoms. The van der Waals surface area contributed by atoms with E-state index in [0.717, 1.165) is 59.5 Å². The first kappa shape index (κ1) is 18.1. The van der Waals surface area contributed by atoms with Crippen LogP contribution in [-0.4, -0.2) is 53.2 Å². The Bertz CT molecular complexity index is 1110. The van der Waals surface area contributed by atoms with E-state index < -0.39 is 0 Å². The van der Waals surface area contributed by atoms with Crippen LogP contribution in [-0.2, 0) is 0 Å². The molecule has 0 saturated carbocycles. The van der Waals surface area contributed by atoms with Gasteiger partial charge in [0.25, 0.3) is 0 Å². The molecule has 1 aliphatic rings. The summed E-state index contributed by atoms with van der Waals surface area (Å²) >= 11 is 0. The molecular weight excluding hydrogens is 367 g/mol. The highest BCUT2D eigenvalue weighted by molar-refractivity contribution is 5.83. The van der Waals surface area contributed by atoms with Crippen LogP contribution in [0.1, 0.15) is 17.4 Å². The van der Waals surface area contributed by atoms with Crippen molar-refractivity contribution in [3.63, 3.8) is 0 Å². The Balaban J connectivity index is 1.51. The van der Waals surface area contributed by atoms with Crippen LogP contribution < -0.4 is 0 Å². The zero-order chi connectivity index (χ0) is 19.8. The maximum Gasteiger partial charge on any atom is 0.126 e. The van der Waals surface area contributed by atoms with Gasteiger partial charge in [0.05, 0.1) is 24.0 Å². The van der Waals surface area contributed by atoms with E-state index in [0.29, 0.717) is 0 Å². The number of benzene rings is 2. The van der Waals surface area contributed by atoms with Crippen LogP contribution in [0.2, 0.25) is 0 Å². The average molecular weight is 390 g/mol. The fraction of sp³-hybridized carbons (Fsp3) is 0.261. The molecular formula is C23H23FN4O. The lowest BCUT2D eigenvalue weighted by molar-refractivity contribution is 0.117. The van der Waals surface area contributed by atoms with Crippen LogP contribution >= 0.6 is 0 Å². The molecule has 29 heavy (non-hydrogen) atoms. The number of piperazine rings is 1. The SMILES string of the molecule is CN1CCN(C(c2ccc(F)cc2)c2cc(-c3ccc4[nH]ncc4c3)co2)CC1. The third kappa shape index (κ3) is 3.57. The summed E-state index contributed by atoms with van der Waals surface area (Å²) in [6.45, 7) is 3.88. The number of aromatic amines is 1. The molecule has 0 amide bonds. The molecule has 3 heterocycles. The van der Waals surface area contributed by atoms with Gasteiger partial charge in [-0.15, -0.1) is 0 Å². The predicted octanol–water partition coefficient (Wildman–Crippen LogP) is 4.30. The maximum absolute atomic E-state index is 13.5. The van der Waals surface area contributed by atoms with E-state index in [1.807, 2.05) is 30.7 Å². The summed E-state index contributed by atoms with van der Waals surface area (Å²) in [5.74, 6) is 0.655. The molecule has 5 nitrogen and oxygen atoms in total. The lowest BCUT2D eigenvalue weighted by atomic mass is 10.00. The van der Waals surface area contributed by atoms with Crippen LogP contribution in [0.3, 0.4) is 0 Å². The van der Waals surface area contributed by atoms with Gasteiger partial charge in [0.1, 0.15) is 11.6 Å². The molecule has 2 aromatic heterocycles. The number of rotatable bonds is 4. The van der Waals surface area contributed by atoms with E-state index in [9.17, 15) is 4.39 Å². The Kier molecular flexibility index (Phi) is 4.66. The van der Waals surface area contributed by atoms with E-state index >= 15 is 0 Å². The summed E-state index contributed by atoms with van der Waals surface area (Å²) in [6, 6.07) is 15.0. The quantitative estimate of drug-likeness (QED) is 0.564. The Morgan fingerprint density at radius 2 is 1.79 bits per heavy atom. The van der Waals surface area contributed by atoms with Crippen molar-refractivity contribution in [1.29, 1.82) is 0 Å². The second kappa shape index (κ2) is 7.46. The molecule has 1 unspecified atom stereocenters. The normalized spacial score (nSPS) is 17.0. The van der Waals surface area contributed by atoms with E-state index in [1.165, 1.54) is 12.1 Å². The molecule has 1 saturated heterocycles. The minimum absolute atomic E-state index is 0.0318. The Labute approximate surface area is 168 Å². The lowest BCUT2D eigenvalue weighted by Gasteiger charge is -2.37. The number of fused-ring (bicyclic) bond motifs is 1. The second-order valence-corrected chi connectivity index (χ2v) is 7.70. The first-order chi connectivity index (χ1) is 14.2. The van der Waals surface area contributed by atoms with Crippen molar-refractivity contribution in [2.75, 3.05) is 33.2 Å². The number of H-pyrrole nitrogens is 1. The van der Waals surface area contributed by atoms with Crippen LogP contribution in [0, 0.1) is 5.82 Å². The van der Waals surface area contributed by atoms with E-state index in [1.54, 1.807) is 0 Å². The van der Waals surface area contributed by atoms with Crippen molar-refractivity contribution in [2.24, 2.45) is 0 Å². The van der Waals surface area contributed by atoms with Crippen molar-refractivity contribution in [2.45, 2.75) is 6.04 Å². The minimum Gasteiger partial charge on any atom is -0.467 e. The molecule has 4 aromatic rings. The number of likely N-dealkylation sites (N-methyl/N-ethyl adjacent to an activating group) is 1. The number of halogens is 1. The van der Waals surface area contributed by atoms with Gasteiger partial charge in [-0.25, -0.2) is 4.39 Å². The Morgan fingerprint density at radius 1 is 1.00 bits per heavy atom. The third-order valence-electron chi connectivity index (χ3n) is 5.75. The van der Waals surface area contributed by atoms with Crippen molar-refractivity contribution in [3.8, 4) is 11.1 Å². The molecule has 1 N–H and O–H groups in total. The maximum atomic E-state index is 13.5. The van der Waals surface area contributed by atoms with Gasteiger partial charge in [-0.2, -0.15) is 5.10 Å². The van der Waals surface area contributed by atoms with Crippen molar-refractivity contribution < 1.29 is 8.81 Å². The smallest absolute Gasteiger partial charge is 0.126 e. The Morgan fingerprint density at radius 3 is 2.59 bits per heavy atom. The van der Waals surface area contributed by atoms with Crippen molar-refractivity contribution in [1.82, 2.24) is 20.0 Å². The highest BCUT2D eigenvalue weighted by atomic mass is 19.1. The zero-order valence-electron chi connectivity index (χ0n) is 16.3. The molecule has 0 spiro atoms.